The van der Waals surface area contributed by atoms with Crippen LogP contribution in [0.5, 0.6) is 0 Å². The molecule has 2 aliphatic rings. The third-order valence-corrected chi connectivity index (χ3v) is 7.99. The normalized spacial score (nSPS) is 20.2. The fourth-order valence-electron chi connectivity index (χ4n) is 5.78. The lowest BCUT2D eigenvalue weighted by molar-refractivity contribution is 0.0610. The molecule has 37 heavy (non-hydrogen) atoms. The summed E-state index contributed by atoms with van der Waals surface area (Å²) in [5.41, 5.74) is 2.95. The van der Waals surface area contributed by atoms with Crippen molar-refractivity contribution in [3.05, 3.63) is 63.9 Å². The van der Waals surface area contributed by atoms with Crippen LogP contribution in [0.3, 0.4) is 0 Å². The van der Waals surface area contributed by atoms with Crippen molar-refractivity contribution in [2.45, 2.75) is 44.8 Å². The van der Waals surface area contributed by atoms with Gasteiger partial charge in [-0.1, -0.05) is 30.7 Å². The van der Waals surface area contributed by atoms with Gasteiger partial charge >= 0.3 is 5.69 Å². The zero-order valence-corrected chi connectivity index (χ0v) is 21.7. The lowest BCUT2D eigenvalue weighted by atomic mass is 9.98. The summed E-state index contributed by atoms with van der Waals surface area (Å²) in [4.78, 5) is 33.4. The van der Waals surface area contributed by atoms with Gasteiger partial charge in [0.15, 0.2) is 22.3 Å². The molecule has 2 fully saturated rings. The van der Waals surface area contributed by atoms with Gasteiger partial charge in [-0.2, -0.15) is 5.10 Å². The number of hydrogen-bond donors (Lipinski definition) is 2. The van der Waals surface area contributed by atoms with E-state index >= 15 is 0 Å². The minimum absolute atomic E-state index is 0.322. The number of piperazine rings is 1. The van der Waals surface area contributed by atoms with E-state index in [9.17, 15) is 4.79 Å². The number of anilines is 1. The van der Waals surface area contributed by atoms with Gasteiger partial charge in [0.2, 0.25) is 0 Å². The maximum atomic E-state index is 11.6. The highest BCUT2D eigenvalue weighted by Gasteiger charge is 2.34. The van der Waals surface area contributed by atoms with E-state index in [2.05, 4.69) is 70.9 Å². The van der Waals surface area contributed by atoms with Gasteiger partial charge in [-0.15, -0.1) is 0 Å². The molecule has 2 saturated heterocycles. The highest BCUT2D eigenvalue weighted by Crippen LogP contribution is 2.29. The number of piperidine rings is 1. The van der Waals surface area contributed by atoms with Gasteiger partial charge in [-0.05, 0) is 56.1 Å². The van der Waals surface area contributed by atoms with Crippen molar-refractivity contribution >= 4 is 28.7 Å². The average molecular weight is 522 g/mol. The van der Waals surface area contributed by atoms with Crippen LogP contribution in [0.15, 0.2) is 47.5 Å². The van der Waals surface area contributed by atoms with Crippen molar-refractivity contribution in [2.24, 2.45) is 0 Å². The molecule has 1 aromatic carbocycles. The minimum Gasteiger partial charge on any atom is -0.351 e. The second kappa shape index (κ2) is 10.3. The number of halogens is 1. The van der Waals surface area contributed by atoms with E-state index in [1.807, 2.05) is 16.9 Å². The molecule has 0 spiro atoms. The molecule has 0 bridgehead atoms. The average Bonchev–Trinajstić information content (AvgIpc) is 3.58. The number of rotatable bonds is 6. The zero-order valence-electron chi connectivity index (χ0n) is 21.0. The highest BCUT2D eigenvalue weighted by atomic mass is 35.5. The molecule has 4 aromatic rings. The van der Waals surface area contributed by atoms with Crippen LogP contribution in [0, 0.1) is 0 Å². The molecule has 2 N–H and O–H groups in total. The number of imidazole rings is 1. The molecule has 1 atom stereocenters. The molecule has 5 heterocycles. The van der Waals surface area contributed by atoms with E-state index in [4.69, 9.17) is 11.6 Å². The first-order valence-corrected chi connectivity index (χ1v) is 13.4. The molecule has 10 nitrogen and oxygen atoms in total. The zero-order chi connectivity index (χ0) is 25.4. The van der Waals surface area contributed by atoms with Crippen LogP contribution in [0.2, 0.25) is 5.15 Å². The third kappa shape index (κ3) is 5.01. The van der Waals surface area contributed by atoms with Crippen LogP contribution in [0.4, 0.5) is 5.82 Å². The SMILES string of the molecule is CC[C@H]1CN(c2nc3[nH]c(=O)[nH]c3nc2Cl)CCN1C1CCN(Cc2ccc(-n3cccn3)cc2)CC1. The van der Waals surface area contributed by atoms with E-state index in [-0.39, 0.29) is 5.69 Å². The van der Waals surface area contributed by atoms with Crippen LogP contribution in [0.25, 0.3) is 17.0 Å². The Labute approximate surface area is 220 Å². The number of aromatic nitrogens is 6. The molecule has 6 rings (SSSR count). The molecular formula is C26H32ClN9O. The van der Waals surface area contributed by atoms with Crippen molar-refractivity contribution in [1.82, 2.24) is 39.5 Å². The van der Waals surface area contributed by atoms with Crippen LogP contribution in [0.1, 0.15) is 31.7 Å². The summed E-state index contributed by atoms with van der Waals surface area (Å²) in [6.45, 7) is 8.12. The number of H-pyrrole nitrogens is 2. The predicted octanol–water partition coefficient (Wildman–Crippen LogP) is 3.05. The number of likely N-dealkylation sites (tertiary alicyclic amines) is 1. The van der Waals surface area contributed by atoms with Gasteiger partial charge in [-0.25, -0.2) is 19.4 Å². The first-order valence-electron chi connectivity index (χ1n) is 13.0. The van der Waals surface area contributed by atoms with Gasteiger partial charge in [0, 0.05) is 50.7 Å². The van der Waals surface area contributed by atoms with Crippen LogP contribution >= 0.6 is 11.6 Å². The summed E-state index contributed by atoms with van der Waals surface area (Å²) >= 11 is 6.46. The summed E-state index contributed by atoms with van der Waals surface area (Å²) in [5, 5.41) is 4.64. The summed E-state index contributed by atoms with van der Waals surface area (Å²) in [7, 11) is 0. The third-order valence-electron chi connectivity index (χ3n) is 7.74. The van der Waals surface area contributed by atoms with E-state index in [0.717, 1.165) is 51.4 Å². The first kappa shape index (κ1) is 24.1. The lowest BCUT2D eigenvalue weighted by Crippen LogP contribution is -2.58. The maximum absolute atomic E-state index is 11.6. The van der Waals surface area contributed by atoms with Crippen LogP contribution < -0.4 is 10.6 Å². The number of nitrogens with zero attached hydrogens (tertiary/aromatic N) is 7. The minimum atomic E-state index is -0.322. The van der Waals surface area contributed by atoms with Crippen LogP contribution in [-0.4, -0.2) is 84.3 Å². The summed E-state index contributed by atoms with van der Waals surface area (Å²) in [5.74, 6) is 0.649. The van der Waals surface area contributed by atoms with Crippen molar-refractivity contribution in [2.75, 3.05) is 37.6 Å². The Morgan fingerprint density at radius 1 is 1.03 bits per heavy atom. The Kier molecular flexibility index (Phi) is 6.71. The first-order chi connectivity index (χ1) is 18.1. The molecule has 2 aliphatic heterocycles. The quantitative estimate of drug-likeness (QED) is 0.402. The van der Waals surface area contributed by atoms with E-state index in [1.54, 1.807) is 6.20 Å². The Hall–Kier alpha value is -3.21. The Bertz CT molecular complexity index is 1390. The van der Waals surface area contributed by atoms with Gasteiger partial charge in [0.05, 0.1) is 5.69 Å². The Morgan fingerprint density at radius 2 is 1.78 bits per heavy atom. The molecule has 0 aliphatic carbocycles. The van der Waals surface area contributed by atoms with Gasteiger partial charge in [0.25, 0.3) is 0 Å². The summed E-state index contributed by atoms with van der Waals surface area (Å²) in [6.07, 6.45) is 7.19. The molecule has 0 radical (unpaired) electrons. The van der Waals surface area contributed by atoms with Crippen molar-refractivity contribution in [3.8, 4) is 5.69 Å². The van der Waals surface area contributed by atoms with E-state index < -0.39 is 0 Å². The largest absolute Gasteiger partial charge is 0.351 e. The lowest BCUT2D eigenvalue weighted by Gasteiger charge is -2.47. The molecule has 0 saturated carbocycles. The highest BCUT2D eigenvalue weighted by molar-refractivity contribution is 6.32. The van der Waals surface area contributed by atoms with Crippen LogP contribution in [-0.2, 0) is 6.54 Å². The monoisotopic (exact) mass is 521 g/mol. The number of benzene rings is 1. The molecule has 0 unspecified atom stereocenters. The van der Waals surface area contributed by atoms with Crippen molar-refractivity contribution in [1.29, 1.82) is 0 Å². The maximum Gasteiger partial charge on any atom is 0.326 e. The Balaban J connectivity index is 1.05. The number of hydrogen-bond acceptors (Lipinski definition) is 7. The van der Waals surface area contributed by atoms with E-state index in [0.29, 0.717) is 34.3 Å². The Morgan fingerprint density at radius 3 is 2.49 bits per heavy atom. The molecule has 0 amide bonds. The smallest absolute Gasteiger partial charge is 0.326 e. The second-order valence-corrected chi connectivity index (χ2v) is 10.3. The number of nitrogens with one attached hydrogen (secondary N) is 2. The molecule has 3 aromatic heterocycles. The van der Waals surface area contributed by atoms with Crippen molar-refractivity contribution < 1.29 is 0 Å². The molecule has 11 heteroatoms. The second-order valence-electron chi connectivity index (χ2n) is 9.98. The van der Waals surface area contributed by atoms with Gasteiger partial charge < -0.3 is 4.90 Å². The molecule has 194 valence electrons. The predicted molar refractivity (Wildman–Crippen MR) is 144 cm³/mol. The van der Waals surface area contributed by atoms with Crippen molar-refractivity contribution in [3.63, 3.8) is 0 Å². The van der Waals surface area contributed by atoms with Gasteiger partial charge in [0.1, 0.15) is 0 Å². The topological polar surface area (TPSA) is 102 Å². The summed E-state index contributed by atoms with van der Waals surface area (Å²) < 4.78 is 1.89. The number of aromatic amines is 2. The summed E-state index contributed by atoms with van der Waals surface area (Å²) in [6, 6.07) is 11.7. The number of fused-ring (bicyclic) bond motifs is 1. The fourth-order valence-corrected chi connectivity index (χ4v) is 6.02. The van der Waals surface area contributed by atoms with Gasteiger partial charge in [-0.3, -0.25) is 19.8 Å². The fraction of sp³-hybridized carbons (Fsp3) is 0.462. The standard InChI is InChI=1S/C26H32ClN9O/c1-2-19-17-34(25-22(27)29-23-24(30-25)32-26(37)31-23)14-15-35(19)20-8-12-33(13-9-20)16-18-4-6-21(7-5-18)36-11-3-10-28-36/h3-7,10-11,19-20H,2,8-9,12-17H2,1H3,(H2,29,30,31,32,37)/t19-/m0/s1. The molecular weight excluding hydrogens is 490 g/mol. The van der Waals surface area contributed by atoms with E-state index in [1.165, 1.54) is 18.4 Å².